The Kier molecular flexibility index (Phi) is 4.42. The zero-order valence-corrected chi connectivity index (χ0v) is 11.6. The Morgan fingerprint density at radius 2 is 2.32 bits per heavy atom. The van der Waals surface area contributed by atoms with Gasteiger partial charge in [0.05, 0.1) is 10.6 Å². The third-order valence-electron chi connectivity index (χ3n) is 2.95. The standard InChI is InChI=1S/C13H12BrFN2O2/c14-7-11-4-10(5-12(8-15)16-11)9-2-1-3-13(6-9)17(18)19/h1-3,5-6,10H,4,7-8H2. The maximum atomic E-state index is 12.8. The third-order valence-corrected chi connectivity index (χ3v) is 3.60. The quantitative estimate of drug-likeness (QED) is 0.480. The Bertz CT molecular complexity index is 557. The molecule has 4 nitrogen and oxygen atoms in total. The first-order valence-electron chi connectivity index (χ1n) is 5.77. The number of hydrogen-bond donors (Lipinski definition) is 0. The first-order chi connectivity index (χ1) is 9.13. The van der Waals surface area contributed by atoms with Crippen LogP contribution in [0.25, 0.3) is 0 Å². The molecule has 1 unspecified atom stereocenters. The van der Waals surface area contributed by atoms with Gasteiger partial charge in [-0.05, 0) is 12.0 Å². The van der Waals surface area contributed by atoms with Crippen LogP contribution < -0.4 is 0 Å². The highest BCUT2D eigenvalue weighted by atomic mass is 79.9. The van der Waals surface area contributed by atoms with Crippen molar-refractivity contribution in [3.05, 3.63) is 51.7 Å². The van der Waals surface area contributed by atoms with Crippen molar-refractivity contribution in [1.82, 2.24) is 0 Å². The monoisotopic (exact) mass is 326 g/mol. The van der Waals surface area contributed by atoms with Crippen LogP contribution in [0.5, 0.6) is 0 Å². The van der Waals surface area contributed by atoms with Crippen LogP contribution in [0.3, 0.4) is 0 Å². The Labute approximate surface area is 118 Å². The van der Waals surface area contributed by atoms with Gasteiger partial charge >= 0.3 is 0 Å². The maximum Gasteiger partial charge on any atom is 0.269 e. The summed E-state index contributed by atoms with van der Waals surface area (Å²) < 4.78 is 12.8. The van der Waals surface area contributed by atoms with E-state index in [0.717, 1.165) is 11.3 Å². The van der Waals surface area contributed by atoms with Crippen molar-refractivity contribution in [2.75, 3.05) is 12.0 Å². The highest BCUT2D eigenvalue weighted by Gasteiger charge is 2.19. The molecule has 0 radical (unpaired) electrons. The lowest BCUT2D eigenvalue weighted by Crippen LogP contribution is -2.13. The van der Waals surface area contributed by atoms with Gasteiger partial charge in [-0.3, -0.25) is 15.1 Å². The topological polar surface area (TPSA) is 55.5 Å². The summed E-state index contributed by atoms with van der Waals surface area (Å²) in [5.41, 5.74) is 2.10. The van der Waals surface area contributed by atoms with E-state index in [4.69, 9.17) is 0 Å². The molecule has 0 aromatic heterocycles. The molecule has 2 rings (SSSR count). The summed E-state index contributed by atoms with van der Waals surface area (Å²) in [6, 6.07) is 6.46. The molecule has 100 valence electrons. The first kappa shape index (κ1) is 13.9. The first-order valence-corrected chi connectivity index (χ1v) is 6.89. The van der Waals surface area contributed by atoms with Gasteiger partial charge in [-0.2, -0.15) is 0 Å². The average Bonchev–Trinajstić information content (AvgIpc) is 2.46. The molecule has 19 heavy (non-hydrogen) atoms. The summed E-state index contributed by atoms with van der Waals surface area (Å²) in [7, 11) is 0. The molecular weight excluding hydrogens is 315 g/mol. The second kappa shape index (κ2) is 6.06. The molecule has 0 bridgehead atoms. The van der Waals surface area contributed by atoms with Crippen molar-refractivity contribution in [2.45, 2.75) is 12.3 Å². The van der Waals surface area contributed by atoms with Gasteiger partial charge in [-0.1, -0.05) is 34.1 Å². The van der Waals surface area contributed by atoms with Crippen molar-refractivity contribution in [2.24, 2.45) is 4.99 Å². The average molecular weight is 327 g/mol. The minimum Gasteiger partial charge on any atom is -0.259 e. The van der Waals surface area contributed by atoms with Gasteiger partial charge in [0, 0.05) is 29.1 Å². The number of nitro groups is 1. The van der Waals surface area contributed by atoms with Gasteiger partial charge in [0.2, 0.25) is 0 Å². The molecule has 1 aromatic carbocycles. The summed E-state index contributed by atoms with van der Waals surface area (Å²) in [5, 5.41) is 11.4. The van der Waals surface area contributed by atoms with E-state index < -0.39 is 11.6 Å². The van der Waals surface area contributed by atoms with Crippen LogP contribution in [0.4, 0.5) is 10.1 Å². The second-order valence-electron chi connectivity index (χ2n) is 4.27. The lowest BCUT2D eigenvalue weighted by Gasteiger charge is -2.19. The van der Waals surface area contributed by atoms with Gasteiger partial charge < -0.3 is 0 Å². The summed E-state index contributed by atoms with van der Waals surface area (Å²) in [4.78, 5) is 14.5. The van der Waals surface area contributed by atoms with Gasteiger partial charge in [-0.15, -0.1) is 0 Å². The zero-order valence-electron chi connectivity index (χ0n) is 10.1. The molecule has 1 aromatic rings. The molecular formula is C13H12BrFN2O2. The molecule has 0 saturated heterocycles. The highest BCUT2D eigenvalue weighted by molar-refractivity contribution is 9.09. The molecule has 0 fully saturated rings. The largest absolute Gasteiger partial charge is 0.269 e. The Morgan fingerprint density at radius 1 is 1.53 bits per heavy atom. The second-order valence-corrected chi connectivity index (χ2v) is 4.83. The van der Waals surface area contributed by atoms with E-state index in [1.807, 2.05) is 6.07 Å². The van der Waals surface area contributed by atoms with Crippen molar-refractivity contribution in [1.29, 1.82) is 0 Å². The predicted octanol–water partition coefficient (Wildman–Crippen LogP) is 3.77. The molecule has 1 aliphatic rings. The summed E-state index contributed by atoms with van der Waals surface area (Å²) in [6.07, 6.45) is 2.39. The lowest BCUT2D eigenvalue weighted by atomic mass is 9.91. The van der Waals surface area contributed by atoms with Crippen LogP contribution in [0.2, 0.25) is 0 Å². The van der Waals surface area contributed by atoms with Crippen LogP contribution in [0, 0.1) is 10.1 Å². The summed E-state index contributed by atoms with van der Waals surface area (Å²) >= 11 is 3.32. The van der Waals surface area contributed by atoms with Crippen LogP contribution in [-0.4, -0.2) is 22.6 Å². The van der Waals surface area contributed by atoms with Crippen LogP contribution in [-0.2, 0) is 0 Å². The molecule has 1 atom stereocenters. The van der Waals surface area contributed by atoms with Gasteiger partial charge in [0.1, 0.15) is 6.67 Å². The van der Waals surface area contributed by atoms with E-state index in [0.29, 0.717) is 17.4 Å². The molecule has 0 aliphatic carbocycles. The SMILES string of the molecule is O=[N+]([O-])c1cccc(C2C=C(CF)N=C(CBr)C2)c1. The van der Waals surface area contributed by atoms with E-state index in [-0.39, 0.29) is 11.6 Å². The van der Waals surface area contributed by atoms with Crippen LogP contribution in [0.1, 0.15) is 17.9 Å². The molecule has 0 spiro atoms. The number of rotatable bonds is 4. The van der Waals surface area contributed by atoms with E-state index in [2.05, 4.69) is 20.9 Å². The fourth-order valence-electron chi connectivity index (χ4n) is 2.07. The van der Waals surface area contributed by atoms with Crippen LogP contribution >= 0.6 is 15.9 Å². The summed E-state index contributed by atoms with van der Waals surface area (Å²) in [5.74, 6) is -0.0595. The fourth-order valence-corrected chi connectivity index (χ4v) is 2.43. The number of non-ortho nitro benzene ring substituents is 1. The minimum atomic E-state index is -0.623. The van der Waals surface area contributed by atoms with Gasteiger partial charge in [0.25, 0.3) is 5.69 Å². The van der Waals surface area contributed by atoms with Crippen molar-refractivity contribution in [3.63, 3.8) is 0 Å². The van der Waals surface area contributed by atoms with E-state index in [1.54, 1.807) is 12.1 Å². The molecule has 6 heteroatoms. The molecule has 0 amide bonds. The normalized spacial score (nSPS) is 18.7. The van der Waals surface area contributed by atoms with Gasteiger partial charge in [-0.25, -0.2) is 4.39 Å². The minimum absolute atomic E-state index is 0.0515. The number of aliphatic imine (C=N–C) groups is 1. The van der Waals surface area contributed by atoms with Crippen molar-refractivity contribution < 1.29 is 9.31 Å². The Morgan fingerprint density at radius 3 is 2.95 bits per heavy atom. The van der Waals surface area contributed by atoms with E-state index in [9.17, 15) is 14.5 Å². The number of halogens is 2. The number of nitro benzene ring substituents is 1. The van der Waals surface area contributed by atoms with Crippen molar-refractivity contribution in [3.8, 4) is 0 Å². The molecule has 1 aliphatic heterocycles. The number of benzene rings is 1. The lowest BCUT2D eigenvalue weighted by molar-refractivity contribution is -0.384. The molecule has 0 N–H and O–H groups in total. The van der Waals surface area contributed by atoms with Crippen molar-refractivity contribution >= 4 is 27.3 Å². The maximum absolute atomic E-state index is 12.8. The van der Waals surface area contributed by atoms with E-state index in [1.165, 1.54) is 12.1 Å². The fraction of sp³-hybridized carbons (Fsp3) is 0.308. The number of hydrogen-bond acceptors (Lipinski definition) is 3. The smallest absolute Gasteiger partial charge is 0.259 e. The highest BCUT2D eigenvalue weighted by Crippen LogP contribution is 2.30. The Balaban J connectivity index is 2.32. The summed E-state index contributed by atoms with van der Waals surface area (Å²) in [6.45, 7) is -0.623. The van der Waals surface area contributed by atoms with Crippen LogP contribution in [0.15, 0.2) is 41.0 Å². The number of nitrogens with zero attached hydrogens (tertiary/aromatic N) is 2. The number of allylic oxidation sites excluding steroid dienone is 2. The Hall–Kier alpha value is -1.56. The number of alkyl halides is 2. The third kappa shape index (κ3) is 3.26. The molecule has 1 heterocycles. The van der Waals surface area contributed by atoms with Gasteiger partial charge in [0.15, 0.2) is 0 Å². The zero-order chi connectivity index (χ0) is 13.8. The molecule has 0 saturated carbocycles. The van der Waals surface area contributed by atoms with E-state index >= 15 is 0 Å². The predicted molar refractivity (Wildman–Crippen MR) is 75.7 cm³/mol.